The second-order valence-corrected chi connectivity index (χ2v) is 4.03. The molecule has 0 aliphatic rings. The van der Waals surface area contributed by atoms with Gasteiger partial charge in [-0.15, -0.1) is 0 Å². The molecule has 0 saturated heterocycles. The monoisotopic (exact) mass is 227 g/mol. The number of ether oxygens (including phenoxy) is 2. The third kappa shape index (κ3) is 5.30. The average Bonchev–Trinajstić information content (AvgIpc) is 2.75. The van der Waals surface area contributed by atoms with E-state index >= 15 is 0 Å². The van der Waals surface area contributed by atoms with Gasteiger partial charge in [0.25, 0.3) is 0 Å². The Balaban J connectivity index is 2.27. The maximum absolute atomic E-state index is 5.70. The van der Waals surface area contributed by atoms with Gasteiger partial charge in [0.15, 0.2) is 0 Å². The molecule has 16 heavy (non-hydrogen) atoms. The predicted octanol–water partition coefficient (Wildman–Crippen LogP) is 1.81. The Hall–Kier alpha value is -0.840. The van der Waals surface area contributed by atoms with Crippen LogP contribution in [0.3, 0.4) is 0 Å². The van der Waals surface area contributed by atoms with Gasteiger partial charge in [-0.3, -0.25) is 0 Å². The second-order valence-electron chi connectivity index (χ2n) is 4.03. The summed E-state index contributed by atoms with van der Waals surface area (Å²) in [6.07, 6.45) is 1.70. The minimum absolute atomic E-state index is 0.0532. The molecule has 1 aromatic heterocycles. The van der Waals surface area contributed by atoms with E-state index in [4.69, 9.17) is 13.9 Å². The first-order chi connectivity index (χ1) is 7.72. The van der Waals surface area contributed by atoms with Crippen molar-refractivity contribution in [1.82, 2.24) is 5.32 Å². The number of hydrogen-bond acceptors (Lipinski definition) is 4. The molecule has 0 aliphatic carbocycles. The van der Waals surface area contributed by atoms with Crippen molar-refractivity contribution in [2.45, 2.75) is 32.6 Å². The first-order valence-corrected chi connectivity index (χ1v) is 5.58. The lowest BCUT2D eigenvalue weighted by atomic mass is 10.3. The van der Waals surface area contributed by atoms with Crippen LogP contribution >= 0.6 is 0 Å². The molecule has 0 aliphatic heterocycles. The van der Waals surface area contributed by atoms with E-state index in [-0.39, 0.29) is 6.10 Å². The van der Waals surface area contributed by atoms with Crippen LogP contribution in [0.5, 0.6) is 0 Å². The summed E-state index contributed by atoms with van der Waals surface area (Å²) in [7, 11) is 1.68. The molecular formula is C12H21NO3. The fourth-order valence-electron chi connectivity index (χ4n) is 1.31. The summed E-state index contributed by atoms with van der Waals surface area (Å²) in [5.74, 6) is 0.839. The highest BCUT2D eigenvalue weighted by atomic mass is 16.5. The summed E-state index contributed by atoms with van der Waals surface area (Å²) < 4.78 is 16.0. The lowest BCUT2D eigenvalue weighted by Gasteiger charge is -2.18. The molecule has 0 saturated carbocycles. The van der Waals surface area contributed by atoms with Crippen molar-refractivity contribution in [1.29, 1.82) is 0 Å². The zero-order valence-electron chi connectivity index (χ0n) is 10.2. The van der Waals surface area contributed by atoms with Crippen molar-refractivity contribution in [3.05, 3.63) is 24.2 Å². The highest BCUT2D eigenvalue weighted by Gasteiger charge is 2.10. The Labute approximate surface area is 96.9 Å². The minimum Gasteiger partial charge on any atom is -0.467 e. The average molecular weight is 227 g/mol. The van der Waals surface area contributed by atoms with Crippen LogP contribution in [0.25, 0.3) is 0 Å². The molecule has 1 atom stereocenters. The molecule has 0 aromatic carbocycles. The topological polar surface area (TPSA) is 43.6 Å². The molecule has 1 N–H and O–H groups in total. The molecule has 1 unspecified atom stereocenters. The van der Waals surface area contributed by atoms with Gasteiger partial charge in [-0.1, -0.05) is 13.8 Å². The van der Waals surface area contributed by atoms with E-state index in [1.165, 1.54) is 0 Å². The molecule has 4 heteroatoms. The summed E-state index contributed by atoms with van der Waals surface area (Å²) in [5, 5.41) is 3.32. The zero-order valence-corrected chi connectivity index (χ0v) is 10.2. The van der Waals surface area contributed by atoms with E-state index in [1.807, 2.05) is 12.1 Å². The molecule has 0 fully saturated rings. The molecule has 0 amide bonds. The third-order valence-corrected chi connectivity index (χ3v) is 2.15. The van der Waals surface area contributed by atoms with Crippen molar-refractivity contribution < 1.29 is 13.9 Å². The summed E-state index contributed by atoms with van der Waals surface area (Å²) >= 11 is 0. The highest BCUT2D eigenvalue weighted by Crippen LogP contribution is 2.04. The van der Waals surface area contributed by atoms with Crippen LogP contribution in [-0.2, 0) is 16.1 Å². The fourth-order valence-corrected chi connectivity index (χ4v) is 1.31. The molecular weight excluding hydrogens is 206 g/mol. The molecule has 4 nitrogen and oxygen atoms in total. The highest BCUT2D eigenvalue weighted by molar-refractivity contribution is 4.96. The van der Waals surface area contributed by atoms with Gasteiger partial charge in [-0.2, -0.15) is 0 Å². The van der Waals surface area contributed by atoms with Crippen molar-refractivity contribution in [2.75, 3.05) is 20.3 Å². The smallest absolute Gasteiger partial charge is 0.129 e. The van der Waals surface area contributed by atoms with Crippen LogP contribution < -0.4 is 5.32 Å². The maximum Gasteiger partial charge on any atom is 0.129 e. The van der Waals surface area contributed by atoms with E-state index < -0.39 is 0 Å². The molecule has 1 heterocycles. The van der Waals surface area contributed by atoms with E-state index in [1.54, 1.807) is 13.4 Å². The normalized spacial score (nSPS) is 13.2. The second kappa shape index (κ2) is 7.44. The van der Waals surface area contributed by atoms with Crippen molar-refractivity contribution in [3.8, 4) is 0 Å². The Kier molecular flexibility index (Phi) is 6.15. The third-order valence-electron chi connectivity index (χ3n) is 2.15. The standard InChI is InChI=1S/C12H21NO3/c1-10(2)13-7-12(8-14-3)16-9-11-5-4-6-15-11/h4-6,10,12-13H,7-9H2,1-3H3. The molecule has 0 radical (unpaired) electrons. The van der Waals surface area contributed by atoms with Gasteiger partial charge >= 0.3 is 0 Å². The van der Waals surface area contributed by atoms with Gasteiger partial charge in [-0.25, -0.2) is 0 Å². The Bertz CT molecular complexity index is 259. The lowest BCUT2D eigenvalue weighted by molar-refractivity contribution is -0.0168. The predicted molar refractivity (Wildman–Crippen MR) is 62.3 cm³/mol. The van der Waals surface area contributed by atoms with Crippen LogP contribution in [-0.4, -0.2) is 32.4 Å². The van der Waals surface area contributed by atoms with Crippen molar-refractivity contribution in [3.63, 3.8) is 0 Å². The van der Waals surface area contributed by atoms with E-state index in [2.05, 4.69) is 19.2 Å². The summed E-state index contributed by atoms with van der Waals surface area (Å²) in [4.78, 5) is 0. The number of nitrogens with one attached hydrogen (secondary N) is 1. The largest absolute Gasteiger partial charge is 0.467 e. The van der Waals surface area contributed by atoms with Crippen molar-refractivity contribution >= 4 is 0 Å². The lowest BCUT2D eigenvalue weighted by Crippen LogP contribution is -2.36. The van der Waals surface area contributed by atoms with E-state index in [0.717, 1.165) is 12.3 Å². The SMILES string of the molecule is COCC(CNC(C)C)OCc1ccco1. The molecule has 1 aromatic rings. The Morgan fingerprint density at radius 3 is 2.81 bits per heavy atom. The molecule has 92 valence electrons. The van der Waals surface area contributed by atoms with Gasteiger partial charge in [-0.05, 0) is 12.1 Å². The van der Waals surface area contributed by atoms with Gasteiger partial charge in [0, 0.05) is 19.7 Å². The Morgan fingerprint density at radius 2 is 2.25 bits per heavy atom. The first-order valence-electron chi connectivity index (χ1n) is 5.58. The quantitative estimate of drug-likeness (QED) is 0.735. The van der Waals surface area contributed by atoms with Crippen LogP contribution in [0.2, 0.25) is 0 Å². The van der Waals surface area contributed by atoms with Crippen LogP contribution in [0.4, 0.5) is 0 Å². The minimum atomic E-state index is 0.0532. The summed E-state index contributed by atoms with van der Waals surface area (Å²) in [6.45, 7) is 6.07. The van der Waals surface area contributed by atoms with E-state index in [9.17, 15) is 0 Å². The van der Waals surface area contributed by atoms with Gasteiger partial charge in [0.1, 0.15) is 12.4 Å². The molecule has 0 spiro atoms. The number of rotatable bonds is 8. The molecule has 1 rings (SSSR count). The fraction of sp³-hybridized carbons (Fsp3) is 0.667. The number of furan rings is 1. The maximum atomic E-state index is 5.70. The molecule has 0 bridgehead atoms. The van der Waals surface area contributed by atoms with Gasteiger partial charge in [0.2, 0.25) is 0 Å². The van der Waals surface area contributed by atoms with Crippen LogP contribution in [0.1, 0.15) is 19.6 Å². The first kappa shape index (κ1) is 13.2. The summed E-state index contributed by atoms with van der Waals surface area (Å²) in [6, 6.07) is 4.21. The number of methoxy groups -OCH3 is 1. The zero-order chi connectivity index (χ0) is 11.8. The number of hydrogen-bond donors (Lipinski definition) is 1. The van der Waals surface area contributed by atoms with E-state index in [0.29, 0.717) is 19.3 Å². The summed E-state index contributed by atoms with van der Waals surface area (Å²) in [5.41, 5.74) is 0. The van der Waals surface area contributed by atoms with Crippen LogP contribution in [0, 0.1) is 0 Å². The Morgan fingerprint density at radius 1 is 1.44 bits per heavy atom. The van der Waals surface area contributed by atoms with Gasteiger partial charge < -0.3 is 19.2 Å². The van der Waals surface area contributed by atoms with Crippen LogP contribution in [0.15, 0.2) is 22.8 Å². The van der Waals surface area contributed by atoms with Crippen molar-refractivity contribution in [2.24, 2.45) is 0 Å². The van der Waals surface area contributed by atoms with Gasteiger partial charge in [0.05, 0.1) is 19.0 Å².